The average molecular weight is 570 g/mol. The molecule has 4 rings (SSSR count). The molecule has 1 fully saturated rings. The number of nitrogens with two attached hydrogens (primary N) is 1. The van der Waals surface area contributed by atoms with Crippen molar-refractivity contribution in [1.82, 2.24) is 14.3 Å². The fourth-order valence-corrected chi connectivity index (χ4v) is 5.55. The zero-order chi connectivity index (χ0) is 29.1. The van der Waals surface area contributed by atoms with Crippen molar-refractivity contribution < 1.29 is 36.3 Å². The normalized spacial score (nSPS) is 15.0. The van der Waals surface area contributed by atoms with Gasteiger partial charge in [0.15, 0.2) is 0 Å². The zero-order valence-corrected chi connectivity index (χ0v) is 22.4. The summed E-state index contributed by atoms with van der Waals surface area (Å²) in [5, 5.41) is 8.08. The standard InChI is InChI=1S/C23H29N5O3S.C2HF3O2/c1-4-32(30,31)28-9-6-15(7-10-28)20-14-26-22-18(20)11-17(12-19(22)23(24)29)16-5-8-25-21(13-16)27(2)3;3-2(4,5)1(6)7/h5,8,11-15,26H,4,6-7,9-10H2,1-3H3,(H2,24,29);(H,6,7). The van der Waals surface area contributed by atoms with Gasteiger partial charge in [-0.1, -0.05) is 0 Å². The van der Waals surface area contributed by atoms with E-state index in [1.807, 2.05) is 43.4 Å². The van der Waals surface area contributed by atoms with Crippen molar-refractivity contribution in [3.63, 3.8) is 0 Å². The van der Waals surface area contributed by atoms with Crippen molar-refractivity contribution in [2.45, 2.75) is 31.9 Å². The molecule has 4 N–H and O–H groups in total. The number of benzene rings is 1. The van der Waals surface area contributed by atoms with E-state index in [0.29, 0.717) is 18.7 Å². The zero-order valence-electron chi connectivity index (χ0n) is 21.6. The maximum absolute atomic E-state index is 12.3. The van der Waals surface area contributed by atoms with E-state index >= 15 is 0 Å². The number of aliphatic carboxylic acids is 1. The van der Waals surface area contributed by atoms with E-state index < -0.39 is 28.1 Å². The van der Waals surface area contributed by atoms with E-state index in [1.54, 1.807) is 17.4 Å². The molecule has 0 aliphatic carbocycles. The summed E-state index contributed by atoms with van der Waals surface area (Å²) in [6, 6.07) is 7.79. The van der Waals surface area contributed by atoms with Crippen molar-refractivity contribution >= 4 is 38.6 Å². The van der Waals surface area contributed by atoms with Crippen LogP contribution in [-0.4, -0.2) is 78.8 Å². The van der Waals surface area contributed by atoms with Gasteiger partial charge in [-0.15, -0.1) is 0 Å². The first-order valence-corrected chi connectivity index (χ1v) is 13.6. The van der Waals surface area contributed by atoms with Crippen molar-refractivity contribution in [2.75, 3.05) is 37.8 Å². The molecule has 1 aliphatic rings. The predicted octanol–water partition coefficient (Wildman–Crippen LogP) is 3.56. The van der Waals surface area contributed by atoms with Gasteiger partial charge in [-0.2, -0.15) is 13.2 Å². The number of primary amides is 1. The van der Waals surface area contributed by atoms with Gasteiger partial charge in [-0.3, -0.25) is 4.79 Å². The number of H-pyrrole nitrogens is 1. The second kappa shape index (κ2) is 11.6. The Morgan fingerprint density at radius 1 is 1.18 bits per heavy atom. The molecule has 1 aliphatic heterocycles. The lowest BCUT2D eigenvalue weighted by Crippen LogP contribution is -2.38. The van der Waals surface area contributed by atoms with Crippen LogP contribution >= 0.6 is 0 Å². The Morgan fingerprint density at radius 3 is 2.31 bits per heavy atom. The van der Waals surface area contributed by atoms with Gasteiger partial charge in [-0.05, 0) is 66.6 Å². The monoisotopic (exact) mass is 569 g/mol. The SMILES string of the molecule is CCS(=O)(=O)N1CCC(c2c[nH]c3c(C(N)=O)cc(-c4ccnc(N(C)C)c4)cc23)CC1.O=C(O)C(F)(F)F. The lowest BCUT2D eigenvalue weighted by molar-refractivity contribution is -0.192. The molecule has 0 spiro atoms. The molecular weight excluding hydrogens is 539 g/mol. The Morgan fingerprint density at radius 2 is 1.79 bits per heavy atom. The van der Waals surface area contributed by atoms with Gasteiger partial charge in [0, 0.05) is 45.0 Å². The van der Waals surface area contributed by atoms with Crippen molar-refractivity contribution in [3.8, 4) is 11.1 Å². The Labute approximate surface area is 223 Å². The number of nitrogens with zero attached hydrogens (tertiary/aromatic N) is 3. The molecule has 0 radical (unpaired) electrons. The van der Waals surface area contributed by atoms with Crippen LogP contribution in [0.2, 0.25) is 0 Å². The maximum Gasteiger partial charge on any atom is 0.490 e. The van der Waals surface area contributed by atoms with Gasteiger partial charge < -0.3 is 20.7 Å². The number of fused-ring (bicyclic) bond motifs is 1. The second-order valence-corrected chi connectivity index (χ2v) is 11.5. The molecule has 2 aromatic heterocycles. The molecule has 1 saturated heterocycles. The van der Waals surface area contributed by atoms with E-state index in [1.165, 1.54) is 0 Å². The number of carboxylic acid groups (broad SMARTS) is 1. The fourth-order valence-electron chi connectivity index (χ4n) is 4.42. The number of aromatic amines is 1. The quantitative estimate of drug-likeness (QED) is 0.411. The highest BCUT2D eigenvalue weighted by Crippen LogP contribution is 2.37. The molecule has 0 saturated carbocycles. The van der Waals surface area contributed by atoms with Crippen molar-refractivity contribution in [3.05, 3.63) is 47.8 Å². The molecule has 0 atom stereocenters. The number of halogens is 3. The van der Waals surface area contributed by atoms with Crippen LogP contribution in [0.3, 0.4) is 0 Å². The Kier molecular flexibility index (Phi) is 8.91. The number of anilines is 1. The van der Waals surface area contributed by atoms with Crippen molar-refractivity contribution in [2.24, 2.45) is 5.73 Å². The van der Waals surface area contributed by atoms with E-state index in [4.69, 9.17) is 15.6 Å². The molecule has 1 amide bonds. The van der Waals surface area contributed by atoms with Gasteiger partial charge in [0.2, 0.25) is 10.0 Å². The highest BCUT2D eigenvalue weighted by molar-refractivity contribution is 7.89. The van der Waals surface area contributed by atoms with Gasteiger partial charge in [-0.25, -0.2) is 22.5 Å². The third-order valence-electron chi connectivity index (χ3n) is 6.52. The highest BCUT2D eigenvalue weighted by atomic mass is 32.2. The molecule has 39 heavy (non-hydrogen) atoms. The van der Waals surface area contributed by atoms with Crippen molar-refractivity contribution in [1.29, 1.82) is 0 Å². The Hall–Kier alpha value is -3.65. The Bertz CT molecular complexity index is 1460. The van der Waals surface area contributed by atoms with E-state index in [9.17, 15) is 26.4 Å². The Balaban J connectivity index is 0.000000532. The number of hydrogen-bond acceptors (Lipinski definition) is 6. The number of carbonyl (C=O) groups is 2. The topological polar surface area (TPSA) is 150 Å². The number of rotatable bonds is 6. The highest BCUT2D eigenvalue weighted by Gasteiger charge is 2.38. The molecule has 14 heteroatoms. The van der Waals surface area contributed by atoms with Crippen LogP contribution in [-0.2, 0) is 14.8 Å². The molecule has 10 nitrogen and oxygen atoms in total. The third-order valence-corrected chi connectivity index (χ3v) is 8.40. The van der Waals surface area contributed by atoms with Gasteiger partial charge in [0.1, 0.15) is 5.82 Å². The summed E-state index contributed by atoms with van der Waals surface area (Å²) >= 11 is 0. The summed E-state index contributed by atoms with van der Waals surface area (Å²) in [4.78, 5) is 30.7. The predicted molar refractivity (Wildman–Crippen MR) is 141 cm³/mol. The van der Waals surface area contributed by atoms with Crippen LogP contribution in [0, 0.1) is 0 Å². The molecule has 1 aromatic carbocycles. The van der Waals surface area contributed by atoms with Crippen LogP contribution in [0.5, 0.6) is 0 Å². The number of nitrogens with one attached hydrogen (secondary N) is 1. The maximum atomic E-state index is 12.3. The van der Waals surface area contributed by atoms with Gasteiger partial charge in [0.05, 0.1) is 16.8 Å². The number of pyridine rings is 1. The number of alkyl halides is 3. The minimum absolute atomic E-state index is 0.122. The summed E-state index contributed by atoms with van der Waals surface area (Å²) in [7, 11) is 0.687. The fraction of sp³-hybridized carbons (Fsp3) is 0.400. The van der Waals surface area contributed by atoms with Crippen LogP contribution in [0.25, 0.3) is 22.0 Å². The first-order valence-electron chi connectivity index (χ1n) is 12.0. The number of hydrogen-bond donors (Lipinski definition) is 3. The first-order chi connectivity index (χ1) is 18.2. The molecule has 212 valence electrons. The smallest absolute Gasteiger partial charge is 0.475 e. The van der Waals surface area contributed by atoms with E-state index in [2.05, 4.69) is 16.0 Å². The molecule has 0 unspecified atom stereocenters. The summed E-state index contributed by atoms with van der Waals surface area (Å²) in [5.41, 5.74) is 9.83. The lowest BCUT2D eigenvalue weighted by atomic mass is 9.88. The molecule has 3 aromatic rings. The summed E-state index contributed by atoms with van der Waals surface area (Å²) in [6.45, 7) is 2.69. The van der Waals surface area contributed by atoms with E-state index in [0.717, 1.165) is 46.3 Å². The van der Waals surface area contributed by atoms with Gasteiger partial charge >= 0.3 is 12.1 Å². The number of aromatic nitrogens is 2. The third kappa shape index (κ3) is 6.87. The summed E-state index contributed by atoms with van der Waals surface area (Å²) in [5.74, 6) is -2.10. The van der Waals surface area contributed by atoms with Crippen LogP contribution in [0.4, 0.5) is 19.0 Å². The first kappa shape index (κ1) is 29.9. The summed E-state index contributed by atoms with van der Waals surface area (Å²) in [6.07, 6.45) is 0.0821. The number of piperidine rings is 1. The minimum atomic E-state index is -5.08. The van der Waals surface area contributed by atoms with Crippen LogP contribution in [0.1, 0.15) is 41.6 Å². The lowest BCUT2D eigenvalue weighted by Gasteiger charge is -2.31. The number of amides is 1. The van der Waals surface area contributed by atoms with Crippen LogP contribution in [0.15, 0.2) is 36.7 Å². The largest absolute Gasteiger partial charge is 0.490 e. The molecule has 0 bridgehead atoms. The van der Waals surface area contributed by atoms with Gasteiger partial charge in [0.25, 0.3) is 5.91 Å². The number of carboxylic acids is 1. The average Bonchev–Trinajstić information content (AvgIpc) is 3.32. The summed E-state index contributed by atoms with van der Waals surface area (Å²) < 4.78 is 57.8. The molecular formula is C25H30F3N5O5S. The minimum Gasteiger partial charge on any atom is -0.475 e. The number of carbonyl (C=O) groups excluding carboxylic acids is 1. The molecule has 3 heterocycles. The number of sulfonamides is 1. The second-order valence-electron chi connectivity index (χ2n) is 9.23. The van der Waals surface area contributed by atoms with Crippen LogP contribution < -0.4 is 10.6 Å². The van der Waals surface area contributed by atoms with E-state index in [-0.39, 0.29) is 11.7 Å².